The Labute approximate surface area is 120 Å². The molecule has 0 radical (unpaired) electrons. The molecule has 112 valence electrons. The van der Waals surface area contributed by atoms with Crippen LogP contribution >= 0.6 is 0 Å². The third kappa shape index (κ3) is 4.19. The van der Waals surface area contributed by atoms with Crippen molar-refractivity contribution in [3.63, 3.8) is 0 Å². The Hall–Kier alpha value is -0.0800. The van der Waals surface area contributed by atoms with Gasteiger partial charge in [-0.05, 0) is 45.1 Å². The monoisotopic (exact) mass is 266 g/mol. The van der Waals surface area contributed by atoms with Crippen LogP contribution in [0.5, 0.6) is 0 Å². The Kier molecular flexibility index (Phi) is 5.70. The lowest BCUT2D eigenvalue weighted by Crippen LogP contribution is -2.62. The van der Waals surface area contributed by atoms with Crippen molar-refractivity contribution >= 4 is 0 Å². The minimum Gasteiger partial charge on any atom is -0.309 e. The molecule has 0 amide bonds. The standard InChI is InChI=1S/C17H34N2/c1-4-16-13-18-17(3,5-2)14-19(16)12-8-11-15-9-6-7-10-15/h15-16,18H,4-14H2,1-3H3. The summed E-state index contributed by atoms with van der Waals surface area (Å²) in [5.74, 6) is 1.06. The van der Waals surface area contributed by atoms with E-state index in [0.717, 1.165) is 12.0 Å². The first-order chi connectivity index (χ1) is 9.17. The minimum atomic E-state index is 0.346. The molecule has 1 aliphatic carbocycles. The molecule has 0 spiro atoms. The molecule has 1 aliphatic heterocycles. The molecule has 2 aliphatic rings. The zero-order valence-electron chi connectivity index (χ0n) is 13.4. The fraction of sp³-hybridized carbons (Fsp3) is 1.00. The molecule has 2 unspecified atom stereocenters. The Morgan fingerprint density at radius 2 is 1.95 bits per heavy atom. The van der Waals surface area contributed by atoms with Gasteiger partial charge in [-0.25, -0.2) is 0 Å². The predicted molar refractivity (Wildman–Crippen MR) is 83.5 cm³/mol. The predicted octanol–water partition coefficient (Wildman–Crippen LogP) is 3.81. The van der Waals surface area contributed by atoms with E-state index in [2.05, 4.69) is 31.0 Å². The van der Waals surface area contributed by atoms with Crippen LogP contribution in [0.3, 0.4) is 0 Å². The maximum atomic E-state index is 3.77. The molecule has 1 saturated carbocycles. The normalized spacial score (nSPS) is 33.9. The summed E-state index contributed by atoms with van der Waals surface area (Å²) in [6, 6.07) is 0.767. The summed E-state index contributed by atoms with van der Waals surface area (Å²) in [7, 11) is 0. The number of piperazine rings is 1. The number of nitrogens with one attached hydrogen (secondary N) is 1. The second-order valence-corrected chi connectivity index (χ2v) is 7.12. The van der Waals surface area contributed by atoms with E-state index in [9.17, 15) is 0 Å². The van der Waals surface area contributed by atoms with Crippen molar-refractivity contribution in [3.05, 3.63) is 0 Å². The van der Waals surface area contributed by atoms with E-state index in [-0.39, 0.29) is 0 Å². The molecular formula is C17H34N2. The lowest BCUT2D eigenvalue weighted by molar-refractivity contribution is 0.0793. The van der Waals surface area contributed by atoms with E-state index < -0.39 is 0 Å². The molecular weight excluding hydrogens is 232 g/mol. The highest BCUT2D eigenvalue weighted by atomic mass is 15.2. The van der Waals surface area contributed by atoms with Gasteiger partial charge in [-0.1, -0.05) is 39.5 Å². The molecule has 19 heavy (non-hydrogen) atoms. The minimum absolute atomic E-state index is 0.346. The molecule has 1 heterocycles. The van der Waals surface area contributed by atoms with Crippen LogP contribution in [0.25, 0.3) is 0 Å². The number of nitrogens with zero attached hydrogens (tertiary/aromatic N) is 1. The van der Waals surface area contributed by atoms with Gasteiger partial charge in [0.1, 0.15) is 0 Å². The van der Waals surface area contributed by atoms with E-state index in [1.54, 1.807) is 0 Å². The first-order valence-electron chi connectivity index (χ1n) is 8.66. The highest BCUT2D eigenvalue weighted by molar-refractivity contribution is 4.93. The van der Waals surface area contributed by atoms with E-state index in [0.29, 0.717) is 5.54 Å². The summed E-state index contributed by atoms with van der Waals surface area (Å²) in [5.41, 5.74) is 0.346. The molecule has 2 heteroatoms. The summed E-state index contributed by atoms with van der Waals surface area (Å²) in [6.45, 7) is 10.8. The average Bonchev–Trinajstić information content (AvgIpc) is 2.92. The van der Waals surface area contributed by atoms with Crippen molar-refractivity contribution in [1.82, 2.24) is 10.2 Å². The second-order valence-electron chi connectivity index (χ2n) is 7.12. The lowest BCUT2D eigenvalue weighted by Gasteiger charge is -2.46. The summed E-state index contributed by atoms with van der Waals surface area (Å²) >= 11 is 0. The Bertz CT molecular complexity index is 260. The number of hydrogen-bond donors (Lipinski definition) is 1. The van der Waals surface area contributed by atoms with Gasteiger partial charge in [-0.15, -0.1) is 0 Å². The van der Waals surface area contributed by atoms with E-state index in [1.165, 1.54) is 71.0 Å². The first kappa shape index (κ1) is 15.3. The van der Waals surface area contributed by atoms with Gasteiger partial charge in [-0.2, -0.15) is 0 Å². The number of rotatable bonds is 6. The largest absolute Gasteiger partial charge is 0.309 e. The summed E-state index contributed by atoms with van der Waals surface area (Å²) < 4.78 is 0. The quantitative estimate of drug-likeness (QED) is 0.786. The summed E-state index contributed by atoms with van der Waals surface area (Å²) in [6.07, 6.45) is 11.4. The number of hydrogen-bond acceptors (Lipinski definition) is 2. The zero-order chi connectivity index (χ0) is 13.7. The first-order valence-corrected chi connectivity index (χ1v) is 8.66. The van der Waals surface area contributed by atoms with Crippen LogP contribution in [-0.4, -0.2) is 36.1 Å². The van der Waals surface area contributed by atoms with Crippen molar-refractivity contribution in [2.75, 3.05) is 19.6 Å². The molecule has 2 fully saturated rings. The third-order valence-corrected chi connectivity index (χ3v) is 5.62. The van der Waals surface area contributed by atoms with Crippen molar-refractivity contribution < 1.29 is 0 Å². The molecule has 2 atom stereocenters. The highest BCUT2D eigenvalue weighted by Crippen LogP contribution is 2.29. The smallest absolute Gasteiger partial charge is 0.0278 e. The van der Waals surface area contributed by atoms with Gasteiger partial charge in [0.2, 0.25) is 0 Å². The topological polar surface area (TPSA) is 15.3 Å². The third-order valence-electron chi connectivity index (χ3n) is 5.62. The molecule has 2 nitrogen and oxygen atoms in total. The van der Waals surface area contributed by atoms with Crippen LogP contribution in [0.1, 0.15) is 72.1 Å². The Morgan fingerprint density at radius 3 is 2.58 bits per heavy atom. The average molecular weight is 266 g/mol. The van der Waals surface area contributed by atoms with E-state index in [4.69, 9.17) is 0 Å². The van der Waals surface area contributed by atoms with Gasteiger partial charge in [-0.3, -0.25) is 4.90 Å². The van der Waals surface area contributed by atoms with Gasteiger partial charge in [0, 0.05) is 24.7 Å². The highest BCUT2D eigenvalue weighted by Gasteiger charge is 2.33. The Morgan fingerprint density at radius 1 is 1.21 bits per heavy atom. The summed E-state index contributed by atoms with van der Waals surface area (Å²) in [4.78, 5) is 2.77. The molecule has 0 bridgehead atoms. The van der Waals surface area contributed by atoms with Crippen molar-refractivity contribution in [3.8, 4) is 0 Å². The van der Waals surface area contributed by atoms with Crippen LogP contribution in [0.2, 0.25) is 0 Å². The van der Waals surface area contributed by atoms with Gasteiger partial charge in [0.25, 0.3) is 0 Å². The van der Waals surface area contributed by atoms with Crippen LogP contribution in [0.15, 0.2) is 0 Å². The fourth-order valence-electron chi connectivity index (χ4n) is 3.91. The SMILES string of the molecule is CCC1CNC(C)(CC)CN1CCCC1CCCC1. The van der Waals surface area contributed by atoms with Crippen molar-refractivity contribution in [2.24, 2.45) is 5.92 Å². The lowest BCUT2D eigenvalue weighted by atomic mass is 9.92. The molecule has 2 rings (SSSR count). The van der Waals surface area contributed by atoms with Gasteiger partial charge in [0.15, 0.2) is 0 Å². The second kappa shape index (κ2) is 7.08. The maximum absolute atomic E-state index is 3.77. The van der Waals surface area contributed by atoms with Gasteiger partial charge in [0.05, 0.1) is 0 Å². The van der Waals surface area contributed by atoms with Crippen LogP contribution in [0.4, 0.5) is 0 Å². The summed E-state index contributed by atoms with van der Waals surface area (Å²) in [5, 5.41) is 3.77. The molecule has 1 N–H and O–H groups in total. The van der Waals surface area contributed by atoms with Gasteiger partial charge >= 0.3 is 0 Å². The van der Waals surface area contributed by atoms with E-state index in [1.807, 2.05) is 0 Å². The zero-order valence-corrected chi connectivity index (χ0v) is 13.4. The molecule has 0 aromatic heterocycles. The van der Waals surface area contributed by atoms with Crippen LogP contribution < -0.4 is 5.32 Å². The van der Waals surface area contributed by atoms with Crippen LogP contribution in [0, 0.1) is 5.92 Å². The fourth-order valence-corrected chi connectivity index (χ4v) is 3.91. The maximum Gasteiger partial charge on any atom is 0.0278 e. The van der Waals surface area contributed by atoms with E-state index >= 15 is 0 Å². The molecule has 0 aromatic carbocycles. The Balaban J connectivity index is 1.77. The molecule has 0 aromatic rings. The van der Waals surface area contributed by atoms with Crippen molar-refractivity contribution in [2.45, 2.75) is 83.7 Å². The van der Waals surface area contributed by atoms with Gasteiger partial charge < -0.3 is 5.32 Å². The van der Waals surface area contributed by atoms with Crippen LogP contribution in [-0.2, 0) is 0 Å². The molecule has 1 saturated heterocycles. The van der Waals surface area contributed by atoms with Crippen molar-refractivity contribution in [1.29, 1.82) is 0 Å².